The highest BCUT2D eigenvalue weighted by molar-refractivity contribution is 7.80. The fraction of sp³-hybridized carbons (Fsp3) is 0.103. The van der Waals surface area contributed by atoms with Gasteiger partial charge in [-0.25, -0.2) is 4.21 Å². The molecule has 164 valence electrons. The van der Waals surface area contributed by atoms with Gasteiger partial charge in [0.1, 0.15) is 5.75 Å². The van der Waals surface area contributed by atoms with Crippen LogP contribution in [0.2, 0.25) is 0 Å². The fourth-order valence-corrected chi connectivity index (χ4v) is 5.27. The number of hydrogen-bond donors (Lipinski definition) is 0. The standard InChI is InChI=1S/C29H24O3S/c1-3-32-33(30)27-18-15-21-11-7-8-12-24(21)29(27)28-25-16-13-22(20-9-5-4-6-10-20)19-23(25)14-17-26(28)31-2/h4-19H,3H2,1-2H3. The van der Waals surface area contributed by atoms with Gasteiger partial charge in [-0.15, -0.1) is 0 Å². The Morgan fingerprint density at radius 1 is 0.697 bits per heavy atom. The number of methoxy groups -OCH3 is 1. The minimum Gasteiger partial charge on any atom is -0.496 e. The summed E-state index contributed by atoms with van der Waals surface area (Å²) in [4.78, 5) is 0.647. The Labute approximate surface area is 196 Å². The molecule has 0 aliphatic carbocycles. The highest BCUT2D eigenvalue weighted by atomic mass is 32.2. The van der Waals surface area contributed by atoms with Gasteiger partial charge in [-0.2, -0.15) is 0 Å². The van der Waals surface area contributed by atoms with Gasteiger partial charge in [0, 0.05) is 11.1 Å². The van der Waals surface area contributed by atoms with Crippen LogP contribution in [-0.2, 0) is 15.3 Å². The second-order valence-corrected chi connectivity index (χ2v) is 8.89. The van der Waals surface area contributed by atoms with E-state index in [-0.39, 0.29) is 0 Å². The van der Waals surface area contributed by atoms with E-state index in [1.807, 2.05) is 55.5 Å². The van der Waals surface area contributed by atoms with E-state index in [1.54, 1.807) is 7.11 Å². The van der Waals surface area contributed by atoms with E-state index in [0.29, 0.717) is 11.5 Å². The molecule has 0 fully saturated rings. The van der Waals surface area contributed by atoms with Crippen molar-refractivity contribution in [1.29, 1.82) is 0 Å². The quantitative estimate of drug-likeness (QED) is 0.269. The van der Waals surface area contributed by atoms with Gasteiger partial charge >= 0.3 is 0 Å². The zero-order chi connectivity index (χ0) is 22.8. The monoisotopic (exact) mass is 452 g/mol. The molecule has 3 nitrogen and oxygen atoms in total. The lowest BCUT2D eigenvalue weighted by Gasteiger charge is -2.18. The van der Waals surface area contributed by atoms with Crippen molar-refractivity contribution in [3.8, 4) is 28.0 Å². The first-order valence-corrected chi connectivity index (χ1v) is 12.0. The van der Waals surface area contributed by atoms with Crippen molar-refractivity contribution >= 4 is 32.6 Å². The summed E-state index contributed by atoms with van der Waals surface area (Å²) in [6.07, 6.45) is 0. The van der Waals surface area contributed by atoms with Crippen molar-refractivity contribution in [3.05, 3.63) is 97.1 Å². The van der Waals surface area contributed by atoms with Crippen LogP contribution in [0.15, 0.2) is 102 Å². The molecule has 0 heterocycles. The molecule has 4 heteroatoms. The number of ether oxygens (including phenoxy) is 1. The largest absolute Gasteiger partial charge is 0.496 e. The van der Waals surface area contributed by atoms with Crippen molar-refractivity contribution in [2.24, 2.45) is 0 Å². The van der Waals surface area contributed by atoms with E-state index in [4.69, 9.17) is 8.92 Å². The normalized spacial score (nSPS) is 12.2. The number of rotatable bonds is 6. The highest BCUT2D eigenvalue weighted by Crippen LogP contribution is 2.44. The van der Waals surface area contributed by atoms with Gasteiger partial charge < -0.3 is 4.74 Å². The predicted molar refractivity (Wildman–Crippen MR) is 137 cm³/mol. The third-order valence-corrected chi connectivity index (χ3v) is 7.00. The van der Waals surface area contributed by atoms with Gasteiger partial charge in [-0.1, -0.05) is 78.9 Å². The fourth-order valence-electron chi connectivity index (χ4n) is 4.37. The van der Waals surface area contributed by atoms with Crippen LogP contribution in [0.1, 0.15) is 6.92 Å². The Kier molecular flexibility index (Phi) is 5.95. The van der Waals surface area contributed by atoms with Gasteiger partial charge in [0.15, 0.2) is 11.1 Å². The zero-order valence-electron chi connectivity index (χ0n) is 18.6. The van der Waals surface area contributed by atoms with Gasteiger partial charge in [0.05, 0.1) is 18.6 Å². The molecule has 0 aliphatic rings. The first-order chi connectivity index (χ1) is 16.2. The molecule has 5 aromatic rings. The van der Waals surface area contributed by atoms with Crippen molar-refractivity contribution in [2.45, 2.75) is 11.8 Å². The number of fused-ring (bicyclic) bond motifs is 2. The van der Waals surface area contributed by atoms with Crippen LogP contribution in [0, 0.1) is 0 Å². The minimum absolute atomic E-state index is 0.367. The zero-order valence-corrected chi connectivity index (χ0v) is 19.4. The lowest BCUT2D eigenvalue weighted by atomic mass is 9.91. The molecule has 1 unspecified atom stereocenters. The first kappa shape index (κ1) is 21.4. The SMILES string of the molecule is CCOS(=O)c1ccc2ccccc2c1-c1c(OC)ccc2cc(-c3ccccc3)ccc12. The maximum absolute atomic E-state index is 13.1. The molecule has 0 aliphatic heterocycles. The highest BCUT2D eigenvalue weighted by Gasteiger charge is 2.21. The molecule has 0 N–H and O–H groups in total. The van der Waals surface area contributed by atoms with Gasteiger partial charge in [-0.3, -0.25) is 4.18 Å². The molecule has 1 atom stereocenters. The molecule has 0 saturated carbocycles. The smallest absolute Gasteiger partial charge is 0.189 e. The average Bonchev–Trinajstić information content (AvgIpc) is 2.87. The van der Waals surface area contributed by atoms with E-state index in [2.05, 4.69) is 48.5 Å². The van der Waals surface area contributed by atoms with Crippen molar-refractivity contribution in [2.75, 3.05) is 13.7 Å². The topological polar surface area (TPSA) is 35.5 Å². The summed E-state index contributed by atoms with van der Waals surface area (Å²) in [5.41, 5.74) is 4.12. The molecule has 0 aromatic heterocycles. The summed E-state index contributed by atoms with van der Waals surface area (Å²) in [6.45, 7) is 2.22. The first-order valence-electron chi connectivity index (χ1n) is 10.9. The van der Waals surface area contributed by atoms with Crippen LogP contribution >= 0.6 is 0 Å². The summed E-state index contributed by atoms with van der Waals surface area (Å²) in [7, 11) is 1.67. The maximum atomic E-state index is 13.1. The van der Waals surface area contributed by atoms with Crippen molar-refractivity contribution in [3.63, 3.8) is 0 Å². The Bertz CT molecular complexity index is 1480. The minimum atomic E-state index is -1.59. The van der Waals surface area contributed by atoms with E-state index in [1.165, 1.54) is 5.56 Å². The van der Waals surface area contributed by atoms with Gasteiger partial charge in [0.2, 0.25) is 0 Å². The third-order valence-electron chi connectivity index (χ3n) is 5.85. The predicted octanol–water partition coefficient (Wildman–Crippen LogP) is 7.39. The molecular weight excluding hydrogens is 428 g/mol. The summed E-state index contributed by atoms with van der Waals surface area (Å²) in [6, 6.07) is 32.9. The molecule has 0 saturated heterocycles. The summed E-state index contributed by atoms with van der Waals surface area (Å²) >= 11 is -1.59. The molecule has 0 spiro atoms. The summed E-state index contributed by atoms with van der Waals surface area (Å²) in [5.74, 6) is 0.737. The Morgan fingerprint density at radius 3 is 2.21 bits per heavy atom. The molecule has 0 bridgehead atoms. The summed E-state index contributed by atoms with van der Waals surface area (Å²) in [5, 5.41) is 4.22. The van der Waals surface area contributed by atoms with Crippen LogP contribution in [0.4, 0.5) is 0 Å². The number of benzene rings is 5. The van der Waals surface area contributed by atoms with Gasteiger partial charge in [0.25, 0.3) is 0 Å². The van der Waals surface area contributed by atoms with E-state index < -0.39 is 11.1 Å². The molecule has 0 radical (unpaired) electrons. The maximum Gasteiger partial charge on any atom is 0.189 e. The lowest BCUT2D eigenvalue weighted by Crippen LogP contribution is -2.02. The Hall–Kier alpha value is -3.47. The second kappa shape index (κ2) is 9.18. The average molecular weight is 453 g/mol. The van der Waals surface area contributed by atoms with E-state index in [0.717, 1.165) is 44.0 Å². The summed E-state index contributed by atoms with van der Waals surface area (Å²) < 4.78 is 24.5. The molecule has 5 aromatic carbocycles. The van der Waals surface area contributed by atoms with Crippen molar-refractivity contribution < 1.29 is 13.1 Å². The lowest BCUT2D eigenvalue weighted by molar-refractivity contribution is 0.372. The number of hydrogen-bond acceptors (Lipinski definition) is 3. The van der Waals surface area contributed by atoms with Crippen LogP contribution in [-0.4, -0.2) is 17.9 Å². The molecule has 0 amide bonds. The molecule has 33 heavy (non-hydrogen) atoms. The Balaban J connectivity index is 1.84. The van der Waals surface area contributed by atoms with Gasteiger partial charge in [-0.05, 0) is 57.8 Å². The third kappa shape index (κ3) is 3.92. The molecule has 5 rings (SSSR count). The van der Waals surface area contributed by atoms with Crippen LogP contribution in [0.5, 0.6) is 5.75 Å². The second-order valence-electron chi connectivity index (χ2n) is 7.75. The van der Waals surface area contributed by atoms with E-state index >= 15 is 0 Å². The Morgan fingerprint density at radius 2 is 1.42 bits per heavy atom. The molecular formula is C29H24O3S. The van der Waals surface area contributed by atoms with Crippen LogP contribution in [0.25, 0.3) is 43.8 Å². The van der Waals surface area contributed by atoms with Crippen LogP contribution in [0.3, 0.4) is 0 Å². The van der Waals surface area contributed by atoms with E-state index in [9.17, 15) is 4.21 Å². The van der Waals surface area contributed by atoms with Crippen molar-refractivity contribution in [1.82, 2.24) is 0 Å². The van der Waals surface area contributed by atoms with Crippen LogP contribution < -0.4 is 4.74 Å².